The Morgan fingerprint density at radius 3 is 1.33 bits per heavy atom. The van der Waals surface area contributed by atoms with Crippen molar-refractivity contribution < 1.29 is 39.1 Å². The average Bonchev–Trinajstić information content (AvgIpc) is 1.60. The Bertz CT molecular complexity index is 138. The molecule has 0 aromatic carbocycles. The Balaban J connectivity index is -0.0000000389. The van der Waals surface area contributed by atoms with Crippen LogP contribution >= 0.6 is 0 Å². The summed E-state index contributed by atoms with van der Waals surface area (Å²) >= 11 is 3.70. The minimum atomic E-state index is -0.833. The van der Waals surface area contributed by atoms with Crippen LogP contribution in [0.1, 0.15) is 6.92 Å². The third kappa shape index (κ3) is 2230. The zero-order valence-electron chi connectivity index (χ0n) is 6.90. The normalized spacial score (nSPS) is 4.67. The molecule has 0 atom stereocenters. The molecule has 0 saturated heterocycles. The minimum absolute atomic E-state index is 0. The van der Waals surface area contributed by atoms with Crippen molar-refractivity contribution in [1.82, 2.24) is 0 Å². The van der Waals surface area contributed by atoms with E-state index in [1.165, 1.54) is 12.3 Å². The van der Waals surface area contributed by atoms with Gasteiger partial charge in [-0.05, 0) is 0 Å². The van der Waals surface area contributed by atoms with Gasteiger partial charge in [-0.3, -0.25) is 4.79 Å². The van der Waals surface area contributed by atoms with Gasteiger partial charge in [-0.25, -0.2) is 10.1 Å². The van der Waals surface area contributed by atoms with E-state index in [1.54, 1.807) is 0 Å². The SMILES string of the molecule is CC(N)=O.N#C[S-].NC(N)=O.[Na+]. The molecule has 0 aliphatic heterocycles. The molecule has 8 heteroatoms. The first-order chi connectivity index (χ1) is 4.88. The molecule has 0 unspecified atom stereocenters. The Labute approximate surface area is 98.1 Å². The number of rotatable bonds is 0. The smallest absolute Gasteiger partial charge is 0.696 e. The van der Waals surface area contributed by atoms with Crippen molar-refractivity contribution in [2.24, 2.45) is 17.2 Å². The molecule has 0 aromatic heterocycles. The van der Waals surface area contributed by atoms with E-state index in [4.69, 9.17) is 10.1 Å². The van der Waals surface area contributed by atoms with Crippen molar-refractivity contribution in [1.29, 1.82) is 5.26 Å². The summed E-state index contributed by atoms with van der Waals surface area (Å²) in [5, 5.41) is 8.47. The molecule has 0 rings (SSSR count). The first-order valence-corrected chi connectivity index (χ1v) is 2.61. The van der Waals surface area contributed by atoms with Crippen molar-refractivity contribution in [2.45, 2.75) is 6.92 Å². The molecule has 0 radical (unpaired) electrons. The Morgan fingerprint density at radius 1 is 1.33 bits per heavy atom. The third-order valence-corrected chi connectivity index (χ3v) is 0. The second-order valence-electron chi connectivity index (χ2n) is 1.10. The first-order valence-electron chi connectivity index (χ1n) is 2.20. The van der Waals surface area contributed by atoms with Gasteiger partial charge >= 0.3 is 35.6 Å². The second-order valence-corrected chi connectivity index (χ2v) is 1.29. The van der Waals surface area contributed by atoms with E-state index in [-0.39, 0.29) is 35.5 Å². The van der Waals surface area contributed by atoms with Gasteiger partial charge in [0, 0.05) is 6.92 Å². The molecule has 6 nitrogen and oxygen atoms in total. The van der Waals surface area contributed by atoms with Crippen molar-refractivity contribution >= 4 is 24.6 Å². The Morgan fingerprint density at radius 2 is 1.33 bits per heavy atom. The van der Waals surface area contributed by atoms with Gasteiger partial charge in [0.2, 0.25) is 5.91 Å². The van der Waals surface area contributed by atoms with Gasteiger partial charge in [-0.2, -0.15) is 0 Å². The first kappa shape index (κ1) is 22.5. The van der Waals surface area contributed by atoms with Crippen LogP contribution in [0.5, 0.6) is 0 Å². The molecule has 0 heterocycles. The van der Waals surface area contributed by atoms with Gasteiger partial charge in [0.15, 0.2) is 0 Å². The van der Waals surface area contributed by atoms with Gasteiger partial charge in [-0.1, -0.05) is 5.40 Å². The number of nitrogens with zero attached hydrogens (tertiary/aromatic N) is 1. The summed E-state index contributed by atoms with van der Waals surface area (Å²) in [5.41, 5.74) is 13.0. The maximum absolute atomic E-state index is 9.22. The van der Waals surface area contributed by atoms with Crippen LogP contribution in [0.3, 0.4) is 0 Å². The van der Waals surface area contributed by atoms with Crippen LogP contribution in [0.25, 0.3) is 0 Å². The van der Waals surface area contributed by atoms with Crippen LogP contribution in [0, 0.1) is 10.7 Å². The number of amides is 3. The molecule has 0 aliphatic carbocycles. The molecule has 0 spiro atoms. The molecule has 0 fully saturated rings. The number of hydrogen-bond acceptors (Lipinski definition) is 4. The van der Waals surface area contributed by atoms with Gasteiger partial charge in [-0.15, -0.1) is 0 Å². The van der Waals surface area contributed by atoms with E-state index >= 15 is 0 Å². The van der Waals surface area contributed by atoms with Crippen LogP contribution < -0.4 is 46.8 Å². The molecule has 64 valence electrons. The van der Waals surface area contributed by atoms with E-state index in [1.807, 2.05) is 0 Å². The monoisotopic (exact) mass is 200 g/mol. The van der Waals surface area contributed by atoms with Crippen molar-refractivity contribution in [3.05, 3.63) is 0 Å². The molecular formula is C4H9N4NaO2S. The van der Waals surface area contributed by atoms with Crippen LogP contribution in [0.4, 0.5) is 4.79 Å². The fourth-order valence-electron chi connectivity index (χ4n) is 0. The summed E-state index contributed by atoms with van der Waals surface area (Å²) in [5.74, 6) is -0.333. The van der Waals surface area contributed by atoms with E-state index in [9.17, 15) is 4.79 Å². The predicted octanol–water partition coefficient (Wildman–Crippen LogP) is -4.47. The number of urea groups is 1. The summed E-state index contributed by atoms with van der Waals surface area (Å²) in [4.78, 5) is 18.2. The largest absolute Gasteiger partial charge is 1.00 e. The standard InChI is InChI=1S/C2H5NO.CH4N2O.CHNS.Na/c1-2(3)4;2-1(3)4;2-1-3;/h1H3,(H2,3,4);(H4,2,3,4);3H;/q;;;+1/p-1. The Kier molecular flexibility index (Phi) is 42.1. The van der Waals surface area contributed by atoms with Gasteiger partial charge in [0.25, 0.3) is 0 Å². The van der Waals surface area contributed by atoms with E-state index < -0.39 is 6.03 Å². The fraction of sp³-hybridized carbons (Fsp3) is 0.250. The maximum Gasteiger partial charge on any atom is 1.00 e. The minimum Gasteiger partial charge on any atom is -0.696 e. The predicted molar refractivity (Wildman–Crippen MR) is 41.6 cm³/mol. The zero-order chi connectivity index (χ0) is 9.86. The molecule has 0 aliphatic rings. The van der Waals surface area contributed by atoms with E-state index in [2.05, 4.69) is 29.8 Å². The van der Waals surface area contributed by atoms with Crippen LogP contribution in [0.2, 0.25) is 0 Å². The van der Waals surface area contributed by atoms with Gasteiger partial charge in [0.05, 0.1) is 0 Å². The maximum atomic E-state index is 9.22. The number of nitrogens with two attached hydrogens (primary N) is 3. The molecule has 0 aromatic rings. The quantitative estimate of drug-likeness (QED) is 0.206. The number of nitriles is 1. The average molecular weight is 200 g/mol. The van der Waals surface area contributed by atoms with Gasteiger partial charge < -0.3 is 29.8 Å². The number of carbonyl (C=O) groups excluding carboxylic acids is 2. The number of carbonyl (C=O) groups is 2. The molecule has 3 amide bonds. The Hall–Kier alpha value is -0.550. The van der Waals surface area contributed by atoms with E-state index in [0.717, 1.165) is 0 Å². The topological polar surface area (TPSA) is 136 Å². The molecule has 6 N–H and O–H groups in total. The van der Waals surface area contributed by atoms with Crippen LogP contribution in [0.15, 0.2) is 0 Å². The zero-order valence-corrected chi connectivity index (χ0v) is 9.72. The number of thiocyanates is 1. The number of hydrogen-bond donors (Lipinski definition) is 3. The second kappa shape index (κ2) is 22.4. The summed E-state index contributed by atoms with van der Waals surface area (Å²) in [6.07, 6.45) is 0. The van der Waals surface area contributed by atoms with Crippen molar-refractivity contribution in [3.8, 4) is 5.40 Å². The fourth-order valence-corrected chi connectivity index (χ4v) is 0. The van der Waals surface area contributed by atoms with Crippen LogP contribution in [-0.4, -0.2) is 11.9 Å². The van der Waals surface area contributed by atoms with Crippen LogP contribution in [-0.2, 0) is 17.4 Å². The third-order valence-electron chi connectivity index (χ3n) is 0. The summed E-state index contributed by atoms with van der Waals surface area (Å²) in [6.45, 7) is 1.31. The molecular weight excluding hydrogens is 191 g/mol. The number of primary amides is 3. The van der Waals surface area contributed by atoms with Crippen molar-refractivity contribution in [2.75, 3.05) is 0 Å². The van der Waals surface area contributed by atoms with E-state index in [0.29, 0.717) is 0 Å². The summed E-state index contributed by atoms with van der Waals surface area (Å²) in [6, 6.07) is -0.833. The summed E-state index contributed by atoms with van der Waals surface area (Å²) in [7, 11) is 0. The molecule has 12 heavy (non-hydrogen) atoms. The van der Waals surface area contributed by atoms with Crippen molar-refractivity contribution in [3.63, 3.8) is 0 Å². The molecule has 0 bridgehead atoms. The summed E-state index contributed by atoms with van der Waals surface area (Å²) < 4.78 is 0. The van der Waals surface area contributed by atoms with Gasteiger partial charge in [0.1, 0.15) is 0 Å². The molecule has 0 saturated carbocycles.